The number of nitrogens with zero attached hydrogens (tertiary/aromatic N) is 1. The minimum atomic E-state index is -1.76. The van der Waals surface area contributed by atoms with E-state index in [0.717, 1.165) is 32.1 Å². The zero-order valence-electron chi connectivity index (χ0n) is 17.6. The van der Waals surface area contributed by atoms with Crippen LogP contribution in [0.5, 0.6) is 0 Å². The average molecular weight is 404 g/mol. The molecule has 2 saturated heterocycles. The lowest BCUT2D eigenvalue weighted by atomic mass is 9.54. The number of hydrogen-bond acceptors (Lipinski definition) is 4. The van der Waals surface area contributed by atoms with Crippen molar-refractivity contribution in [1.29, 1.82) is 0 Å². The van der Waals surface area contributed by atoms with Crippen LogP contribution < -0.4 is 0 Å². The summed E-state index contributed by atoms with van der Waals surface area (Å²) >= 11 is 0. The van der Waals surface area contributed by atoms with Gasteiger partial charge in [-0.3, -0.25) is 14.4 Å². The Balaban J connectivity index is 1.69. The van der Waals surface area contributed by atoms with Crippen LogP contribution in [0.1, 0.15) is 59.3 Å². The molecule has 2 N–H and O–H groups in total. The van der Waals surface area contributed by atoms with Gasteiger partial charge in [-0.2, -0.15) is 0 Å². The van der Waals surface area contributed by atoms with Gasteiger partial charge < -0.3 is 15.1 Å². The zero-order valence-corrected chi connectivity index (χ0v) is 17.6. The highest BCUT2D eigenvalue weighted by molar-refractivity contribution is 6.05. The fraction of sp³-hybridized carbons (Fsp3) is 0.783. The van der Waals surface area contributed by atoms with E-state index in [-0.39, 0.29) is 47.8 Å². The lowest BCUT2D eigenvalue weighted by molar-refractivity contribution is -0.168. The van der Waals surface area contributed by atoms with Gasteiger partial charge in [0.25, 0.3) is 0 Å². The van der Waals surface area contributed by atoms with E-state index >= 15 is 0 Å². The van der Waals surface area contributed by atoms with E-state index in [1.807, 2.05) is 0 Å². The van der Waals surface area contributed by atoms with Gasteiger partial charge in [-0.25, -0.2) is 0 Å². The Morgan fingerprint density at radius 3 is 2.66 bits per heavy atom. The van der Waals surface area contributed by atoms with Crippen molar-refractivity contribution in [2.45, 2.75) is 65.0 Å². The third-order valence-corrected chi connectivity index (χ3v) is 8.64. The Bertz CT molecular complexity index is 762. The largest absolute Gasteiger partial charge is 0.481 e. The molecular weight excluding hydrogens is 370 g/mol. The highest BCUT2D eigenvalue weighted by Gasteiger charge is 2.67. The van der Waals surface area contributed by atoms with Gasteiger partial charge in [0.2, 0.25) is 5.91 Å². The lowest BCUT2D eigenvalue weighted by Gasteiger charge is -2.49. The molecule has 0 radical (unpaired) electrons. The number of amides is 1. The molecule has 6 heteroatoms. The third-order valence-electron chi connectivity index (χ3n) is 8.64. The summed E-state index contributed by atoms with van der Waals surface area (Å²) in [6.07, 6.45) is 9.81. The van der Waals surface area contributed by atoms with Crippen LogP contribution in [0, 0.1) is 40.9 Å². The molecule has 5 unspecified atom stereocenters. The third kappa shape index (κ3) is 2.74. The number of carbonyl (C=O) groups excluding carboxylic acids is 2. The molecule has 1 saturated carbocycles. The van der Waals surface area contributed by atoms with Gasteiger partial charge in [-0.1, -0.05) is 45.8 Å². The van der Waals surface area contributed by atoms with Crippen molar-refractivity contribution >= 4 is 17.7 Å². The van der Waals surface area contributed by atoms with Crippen molar-refractivity contribution < 1.29 is 24.6 Å². The summed E-state index contributed by atoms with van der Waals surface area (Å²) in [7, 11) is 0. The van der Waals surface area contributed by atoms with Crippen LogP contribution in [-0.4, -0.2) is 45.0 Å². The van der Waals surface area contributed by atoms with Gasteiger partial charge in [0, 0.05) is 18.4 Å². The van der Waals surface area contributed by atoms with E-state index in [0.29, 0.717) is 0 Å². The first-order valence-electron chi connectivity index (χ1n) is 11.2. The standard InChI is InChI=1S/C23H33NO5/c1-4-14-8-11-22(3)10-6-5-7-15(22)18(14)19(25)17-13(2)23(29)16(21(27)28)9-12-24(23)20(17)26/h8,11,13-18,29H,4-7,9-10,12H2,1-3H3,(H,27,28)/t13-,14+,15?,16?,17?,18?,22-,23?/m1/s1. The Morgan fingerprint density at radius 2 is 2.00 bits per heavy atom. The van der Waals surface area contributed by atoms with Gasteiger partial charge >= 0.3 is 5.97 Å². The van der Waals surface area contributed by atoms with Gasteiger partial charge in [-0.15, -0.1) is 0 Å². The number of aliphatic carboxylic acids is 1. The molecule has 4 aliphatic rings. The summed E-state index contributed by atoms with van der Waals surface area (Å²) in [5.41, 5.74) is -1.78. The molecule has 0 aromatic heterocycles. The molecule has 160 valence electrons. The van der Waals surface area contributed by atoms with Gasteiger partial charge in [-0.05, 0) is 42.9 Å². The molecule has 0 aromatic carbocycles. The van der Waals surface area contributed by atoms with Crippen molar-refractivity contribution in [3.8, 4) is 0 Å². The van der Waals surface area contributed by atoms with Crippen LogP contribution in [0.4, 0.5) is 0 Å². The smallest absolute Gasteiger partial charge is 0.311 e. The van der Waals surface area contributed by atoms with Crippen molar-refractivity contribution in [2.75, 3.05) is 6.54 Å². The van der Waals surface area contributed by atoms with Gasteiger partial charge in [0.15, 0.2) is 5.72 Å². The normalized spacial score (nSPS) is 46.5. The molecule has 2 aliphatic heterocycles. The molecule has 0 aromatic rings. The second-order valence-electron chi connectivity index (χ2n) is 9.94. The first-order chi connectivity index (χ1) is 13.7. The molecule has 0 bridgehead atoms. The summed E-state index contributed by atoms with van der Waals surface area (Å²) in [6.45, 7) is 6.18. The lowest BCUT2D eigenvalue weighted by Crippen LogP contribution is -2.51. The van der Waals surface area contributed by atoms with Crippen LogP contribution in [0.2, 0.25) is 0 Å². The van der Waals surface area contributed by atoms with Crippen molar-refractivity contribution in [3.05, 3.63) is 12.2 Å². The maximum absolute atomic E-state index is 13.9. The number of carbonyl (C=O) groups is 3. The summed E-state index contributed by atoms with van der Waals surface area (Å²) in [6, 6.07) is 0. The van der Waals surface area contributed by atoms with Crippen LogP contribution in [-0.2, 0) is 14.4 Å². The second-order valence-corrected chi connectivity index (χ2v) is 9.94. The van der Waals surface area contributed by atoms with E-state index in [1.165, 1.54) is 4.90 Å². The van der Waals surface area contributed by atoms with Crippen LogP contribution >= 0.6 is 0 Å². The number of ketones is 1. The highest BCUT2D eigenvalue weighted by Crippen LogP contribution is 2.55. The van der Waals surface area contributed by atoms with E-state index < -0.39 is 29.4 Å². The summed E-state index contributed by atoms with van der Waals surface area (Å²) in [5.74, 6) is -4.19. The summed E-state index contributed by atoms with van der Waals surface area (Å²) in [5, 5.41) is 20.9. The molecule has 1 amide bonds. The van der Waals surface area contributed by atoms with Crippen molar-refractivity contribution in [3.63, 3.8) is 0 Å². The zero-order chi connectivity index (χ0) is 21.1. The van der Waals surface area contributed by atoms with Crippen molar-refractivity contribution in [2.24, 2.45) is 40.9 Å². The van der Waals surface area contributed by atoms with Crippen LogP contribution in [0.3, 0.4) is 0 Å². The molecule has 4 rings (SSSR count). The number of carboxylic acid groups (broad SMARTS) is 1. The Labute approximate surface area is 172 Å². The van der Waals surface area contributed by atoms with E-state index in [2.05, 4.69) is 26.0 Å². The van der Waals surface area contributed by atoms with Crippen LogP contribution in [0.25, 0.3) is 0 Å². The maximum atomic E-state index is 13.9. The molecular formula is C23H33NO5. The average Bonchev–Trinajstić information content (AvgIpc) is 3.12. The quantitative estimate of drug-likeness (QED) is 0.556. The number of aliphatic hydroxyl groups is 1. The Kier molecular flexibility index (Phi) is 4.92. The topological polar surface area (TPSA) is 94.9 Å². The molecule has 3 fully saturated rings. The summed E-state index contributed by atoms with van der Waals surface area (Å²) in [4.78, 5) is 40.1. The number of fused-ring (bicyclic) bond motifs is 2. The molecule has 6 nitrogen and oxygen atoms in total. The minimum absolute atomic E-state index is 0.0220. The monoisotopic (exact) mass is 403 g/mol. The SMILES string of the molecule is CC[C@H]1C=C[C@@]2(C)CCCCC2C1C(=O)C1C(=O)N2CCC(C(=O)O)C2(O)[C@@H]1C. The maximum Gasteiger partial charge on any atom is 0.311 e. The number of hydrogen-bond donors (Lipinski definition) is 2. The number of carboxylic acids is 1. The number of rotatable bonds is 4. The predicted octanol–water partition coefficient (Wildman–Crippen LogP) is 2.85. The first kappa shape index (κ1) is 20.6. The fourth-order valence-electron chi connectivity index (χ4n) is 6.94. The molecule has 0 spiro atoms. The van der Waals surface area contributed by atoms with Gasteiger partial charge in [0.1, 0.15) is 17.6 Å². The van der Waals surface area contributed by atoms with Gasteiger partial charge in [0.05, 0.1) is 0 Å². The highest BCUT2D eigenvalue weighted by atomic mass is 16.4. The van der Waals surface area contributed by atoms with Crippen LogP contribution in [0.15, 0.2) is 12.2 Å². The number of allylic oxidation sites excluding steroid dienone is 2. The minimum Gasteiger partial charge on any atom is -0.481 e. The predicted molar refractivity (Wildman–Crippen MR) is 107 cm³/mol. The Morgan fingerprint density at radius 1 is 1.28 bits per heavy atom. The molecule has 2 heterocycles. The van der Waals surface area contributed by atoms with E-state index in [4.69, 9.17) is 0 Å². The van der Waals surface area contributed by atoms with E-state index in [1.54, 1.807) is 6.92 Å². The summed E-state index contributed by atoms with van der Waals surface area (Å²) < 4.78 is 0. The fourth-order valence-corrected chi connectivity index (χ4v) is 6.94. The van der Waals surface area contributed by atoms with E-state index in [9.17, 15) is 24.6 Å². The molecule has 8 atom stereocenters. The Hall–Kier alpha value is -1.69. The molecule has 2 aliphatic carbocycles. The second kappa shape index (κ2) is 6.93. The number of Topliss-reactive ketones (excluding diaryl/α,β-unsaturated/α-hetero) is 1. The first-order valence-corrected chi connectivity index (χ1v) is 11.2. The molecule has 29 heavy (non-hydrogen) atoms. The van der Waals surface area contributed by atoms with Crippen molar-refractivity contribution in [1.82, 2.24) is 4.90 Å².